The van der Waals surface area contributed by atoms with E-state index in [2.05, 4.69) is 41.7 Å². The summed E-state index contributed by atoms with van der Waals surface area (Å²) in [5.74, 6) is -2.03. The van der Waals surface area contributed by atoms with E-state index in [1.807, 2.05) is 46.4 Å². The molecule has 3 rings (SSSR count). The zero-order chi connectivity index (χ0) is 35.3. The maximum atomic E-state index is 14.1. The molecular weight excluding hydrogens is 600 g/mol. The van der Waals surface area contributed by atoms with Crippen LogP contribution < -0.4 is 21.3 Å². The molecule has 0 aromatic heterocycles. The van der Waals surface area contributed by atoms with E-state index >= 15 is 0 Å². The fourth-order valence-electron chi connectivity index (χ4n) is 6.17. The first kappa shape index (κ1) is 38.0. The number of ketones is 1. The number of carbonyl (C=O) groups is 6. The second-order valence-electron chi connectivity index (χ2n) is 16.6. The van der Waals surface area contributed by atoms with Crippen molar-refractivity contribution >= 4 is 35.4 Å². The SMILES string of the molecule is C=CCNC(=O)C(=O)C(CC1CC1)NC(=O)[C@@H]1CCCN1C(=O)[C@@H](NC(=O)N[C@H](CN1CCC(C)(C)CC1=O)C(C)(C)C)C(C)(C)C. The van der Waals surface area contributed by atoms with E-state index in [0.29, 0.717) is 45.3 Å². The van der Waals surface area contributed by atoms with Crippen LogP contribution in [0.5, 0.6) is 0 Å². The van der Waals surface area contributed by atoms with Gasteiger partial charge < -0.3 is 31.1 Å². The number of amides is 6. The summed E-state index contributed by atoms with van der Waals surface area (Å²) in [6, 6.07) is -3.67. The highest BCUT2D eigenvalue weighted by Gasteiger charge is 2.44. The molecule has 6 amide bonds. The number of nitrogens with one attached hydrogen (secondary N) is 4. The first-order chi connectivity index (χ1) is 21.7. The van der Waals surface area contributed by atoms with Crippen molar-refractivity contribution in [2.75, 3.05) is 26.2 Å². The predicted molar refractivity (Wildman–Crippen MR) is 180 cm³/mol. The zero-order valence-corrected chi connectivity index (χ0v) is 29.8. The molecule has 1 unspecified atom stereocenters. The average Bonchev–Trinajstić information content (AvgIpc) is 3.63. The minimum Gasteiger partial charge on any atom is -0.346 e. The van der Waals surface area contributed by atoms with Crippen LogP contribution in [0.3, 0.4) is 0 Å². The topological polar surface area (TPSA) is 157 Å². The van der Waals surface area contributed by atoms with E-state index in [0.717, 1.165) is 19.3 Å². The van der Waals surface area contributed by atoms with E-state index in [-0.39, 0.29) is 41.1 Å². The van der Waals surface area contributed by atoms with Crippen LogP contribution >= 0.6 is 0 Å². The molecule has 264 valence electrons. The van der Waals surface area contributed by atoms with Crippen LogP contribution in [-0.2, 0) is 24.0 Å². The summed E-state index contributed by atoms with van der Waals surface area (Å²) >= 11 is 0. The number of urea groups is 1. The molecule has 4 N–H and O–H groups in total. The molecule has 0 spiro atoms. The van der Waals surface area contributed by atoms with Crippen molar-refractivity contribution < 1.29 is 28.8 Å². The summed E-state index contributed by atoms with van der Waals surface area (Å²) in [6.45, 7) is 20.7. The second kappa shape index (κ2) is 15.2. The van der Waals surface area contributed by atoms with Crippen LogP contribution in [0.2, 0.25) is 0 Å². The van der Waals surface area contributed by atoms with Crippen molar-refractivity contribution in [1.29, 1.82) is 0 Å². The fraction of sp³-hybridized carbons (Fsp3) is 0.771. The lowest BCUT2D eigenvalue weighted by atomic mass is 9.81. The lowest BCUT2D eigenvalue weighted by Crippen LogP contribution is -2.62. The first-order valence-corrected chi connectivity index (χ1v) is 17.1. The molecular formula is C35H58N6O6. The van der Waals surface area contributed by atoms with Gasteiger partial charge in [-0.05, 0) is 47.8 Å². The van der Waals surface area contributed by atoms with Crippen molar-refractivity contribution in [3.05, 3.63) is 12.7 Å². The van der Waals surface area contributed by atoms with E-state index in [1.54, 1.807) is 0 Å². The normalized spacial score (nSPS) is 21.7. The maximum Gasteiger partial charge on any atom is 0.315 e. The van der Waals surface area contributed by atoms with Crippen LogP contribution in [0.25, 0.3) is 0 Å². The Morgan fingerprint density at radius 1 is 0.957 bits per heavy atom. The van der Waals surface area contributed by atoms with Gasteiger partial charge in [0.05, 0.1) is 12.1 Å². The monoisotopic (exact) mass is 658 g/mol. The number of piperidine rings is 1. The molecule has 0 bridgehead atoms. The van der Waals surface area contributed by atoms with Gasteiger partial charge in [-0.3, -0.25) is 24.0 Å². The zero-order valence-electron chi connectivity index (χ0n) is 29.8. The Kier molecular flexibility index (Phi) is 12.3. The Hall–Kier alpha value is -3.44. The number of carbonyl (C=O) groups excluding carboxylic acids is 6. The summed E-state index contributed by atoms with van der Waals surface area (Å²) in [7, 11) is 0. The third-order valence-corrected chi connectivity index (χ3v) is 9.55. The van der Waals surface area contributed by atoms with Gasteiger partial charge in [0.2, 0.25) is 23.5 Å². The van der Waals surface area contributed by atoms with E-state index in [1.165, 1.54) is 11.0 Å². The number of rotatable bonds is 13. The van der Waals surface area contributed by atoms with Gasteiger partial charge in [0.1, 0.15) is 12.1 Å². The number of nitrogens with zero attached hydrogens (tertiary/aromatic N) is 2. The standard InChI is InChI=1S/C35H58N6O6/c1-10-16-36-30(45)27(43)23(19-22-13-14-22)37-29(44)24-12-11-17-41(24)31(46)28(34(5,6)7)39-32(47)38-25(33(2,3)4)21-40-18-15-35(8,9)20-26(40)42/h10,22-25,28H,1,11-21H2,2-9H3,(H,36,45)(H,37,44)(H2,38,39,47)/t23?,24-,25+,28+/m0/s1. The highest BCUT2D eigenvalue weighted by atomic mass is 16.2. The van der Waals surface area contributed by atoms with E-state index < -0.39 is 47.2 Å². The smallest absolute Gasteiger partial charge is 0.315 e. The number of likely N-dealkylation sites (tertiary alicyclic amines) is 2. The van der Waals surface area contributed by atoms with Crippen molar-refractivity contribution in [2.45, 2.75) is 125 Å². The van der Waals surface area contributed by atoms with Gasteiger partial charge in [0, 0.05) is 32.6 Å². The van der Waals surface area contributed by atoms with Gasteiger partial charge in [-0.15, -0.1) is 6.58 Å². The lowest BCUT2D eigenvalue weighted by Gasteiger charge is -2.41. The van der Waals surface area contributed by atoms with Crippen LogP contribution in [0.15, 0.2) is 12.7 Å². The molecule has 1 aliphatic carbocycles. The first-order valence-electron chi connectivity index (χ1n) is 17.1. The van der Waals surface area contributed by atoms with Gasteiger partial charge in [-0.25, -0.2) is 4.79 Å². The third-order valence-electron chi connectivity index (χ3n) is 9.55. The number of hydrogen-bond acceptors (Lipinski definition) is 6. The highest BCUT2D eigenvalue weighted by molar-refractivity contribution is 6.38. The summed E-state index contributed by atoms with van der Waals surface area (Å²) in [6.07, 6.45) is 6.04. The Bertz CT molecular complexity index is 1210. The van der Waals surface area contributed by atoms with Crippen LogP contribution in [-0.4, -0.2) is 95.6 Å². The van der Waals surface area contributed by atoms with Crippen molar-refractivity contribution in [1.82, 2.24) is 31.1 Å². The van der Waals surface area contributed by atoms with Crippen molar-refractivity contribution in [3.8, 4) is 0 Å². The Morgan fingerprint density at radius 3 is 2.17 bits per heavy atom. The Balaban J connectivity index is 1.71. The molecule has 4 atom stereocenters. The Labute approximate surface area is 280 Å². The average molecular weight is 659 g/mol. The molecule has 2 aliphatic heterocycles. The molecule has 47 heavy (non-hydrogen) atoms. The maximum absolute atomic E-state index is 14.1. The molecule has 0 aromatic rings. The highest BCUT2D eigenvalue weighted by Crippen LogP contribution is 2.34. The minimum atomic E-state index is -0.980. The van der Waals surface area contributed by atoms with Crippen LogP contribution in [0, 0.1) is 22.2 Å². The molecule has 0 radical (unpaired) electrons. The predicted octanol–water partition coefficient (Wildman–Crippen LogP) is 2.91. The molecule has 12 heteroatoms. The van der Waals surface area contributed by atoms with Gasteiger partial charge in [-0.1, -0.05) is 74.3 Å². The molecule has 0 aromatic carbocycles. The summed E-state index contributed by atoms with van der Waals surface area (Å²) in [4.78, 5) is 82.8. The number of hydrogen-bond donors (Lipinski definition) is 4. The lowest BCUT2D eigenvalue weighted by molar-refractivity contribution is -0.143. The largest absolute Gasteiger partial charge is 0.346 e. The van der Waals surface area contributed by atoms with E-state index in [9.17, 15) is 28.8 Å². The Morgan fingerprint density at radius 2 is 1.62 bits per heavy atom. The van der Waals surface area contributed by atoms with Gasteiger partial charge >= 0.3 is 6.03 Å². The van der Waals surface area contributed by atoms with E-state index in [4.69, 9.17) is 0 Å². The van der Waals surface area contributed by atoms with Gasteiger partial charge in [-0.2, -0.15) is 0 Å². The number of Topliss-reactive ketones (excluding diaryl/α,β-unsaturated/α-hetero) is 1. The molecule has 3 aliphatic rings. The van der Waals surface area contributed by atoms with Crippen LogP contribution in [0.1, 0.15) is 100 Å². The molecule has 1 saturated carbocycles. The molecule has 12 nitrogen and oxygen atoms in total. The third kappa shape index (κ3) is 10.8. The quantitative estimate of drug-likeness (QED) is 0.176. The summed E-state index contributed by atoms with van der Waals surface area (Å²) in [5, 5.41) is 11.2. The van der Waals surface area contributed by atoms with Crippen LogP contribution in [0.4, 0.5) is 4.79 Å². The minimum absolute atomic E-state index is 0.0477. The van der Waals surface area contributed by atoms with Crippen molar-refractivity contribution in [3.63, 3.8) is 0 Å². The van der Waals surface area contributed by atoms with Gasteiger partial charge in [0.25, 0.3) is 5.91 Å². The second-order valence-corrected chi connectivity index (χ2v) is 16.6. The summed E-state index contributed by atoms with van der Waals surface area (Å²) in [5.41, 5.74) is -1.12. The van der Waals surface area contributed by atoms with Gasteiger partial charge in [0.15, 0.2) is 0 Å². The summed E-state index contributed by atoms with van der Waals surface area (Å²) < 4.78 is 0. The molecule has 3 fully saturated rings. The fourth-order valence-corrected chi connectivity index (χ4v) is 6.17. The van der Waals surface area contributed by atoms with Crippen molar-refractivity contribution in [2.24, 2.45) is 22.2 Å². The molecule has 2 heterocycles. The molecule has 2 saturated heterocycles.